The maximum atomic E-state index is 11.9. The van der Waals surface area contributed by atoms with E-state index in [9.17, 15) is 14.7 Å². The molecule has 1 aromatic heterocycles. The molecule has 0 bridgehead atoms. The predicted molar refractivity (Wildman–Crippen MR) is 148 cm³/mol. The van der Waals surface area contributed by atoms with Gasteiger partial charge in [-0.05, 0) is 105 Å². The first kappa shape index (κ1) is 31.6. The molecule has 1 saturated carbocycles. The van der Waals surface area contributed by atoms with Crippen LogP contribution in [-0.2, 0) is 4.74 Å². The standard InChI is InChI=1S/C26H33IN3O5.CH3.Lr/c1-16-12-22(20(27)13-19(16)24(31)32)34-23(21-9-8-18(14-29-21)17-6-7-17)15-30(5)11-10-28-25(33)35-26(2,3)4;;/h8-9,12-14,17,23H,5-7,10-11,15H2,1-4H3,(H2,28,31,32,33);1H3;/q2*-1;/p-1/t23-;;/m1../s1. The Morgan fingerprint density at radius 2 is 1.97 bits per heavy atom. The van der Waals surface area contributed by atoms with Gasteiger partial charge in [0.25, 0.3) is 0 Å². The van der Waals surface area contributed by atoms with Gasteiger partial charge in [0, 0.05) is 12.7 Å². The Labute approximate surface area is 227 Å². The number of amides is 1. The van der Waals surface area contributed by atoms with Crippen molar-refractivity contribution in [3.8, 4) is 5.75 Å². The zero-order valence-corrected chi connectivity index (χ0v) is 26.1. The number of carbonyl (C=O) groups is 2. The minimum Gasteiger partial charge on any atom is -0.616 e. The van der Waals surface area contributed by atoms with Crippen LogP contribution in [0.25, 0.3) is 5.32 Å². The van der Waals surface area contributed by atoms with E-state index in [2.05, 4.69) is 46.0 Å². The maximum Gasteiger partial charge on any atom is 0.335 e. The van der Waals surface area contributed by atoms with Gasteiger partial charge in [-0.1, -0.05) is 6.07 Å². The van der Waals surface area contributed by atoms with E-state index >= 15 is 0 Å². The van der Waals surface area contributed by atoms with Crippen LogP contribution in [0.5, 0.6) is 5.75 Å². The first-order valence-electron chi connectivity index (χ1n) is 11.5. The van der Waals surface area contributed by atoms with Crippen LogP contribution in [0.1, 0.15) is 72.8 Å². The summed E-state index contributed by atoms with van der Waals surface area (Å²) in [6.07, 6.45) is 3.24. The quantitative estimate of drug-likeness (QED) is 0.214. The van der Waals surface area contributed by atoms with Crippen LogP contribution in [0, 0.1) is 25.0 Å². The van der Waals surface area contributed by atoms with Crippen molar-refractivity contribution in [2.75, 3.05) is 19.6 Å². The molecule has 8 nitrogen and oxygen atoms in total. The van der Waals surface area contributed by atoms with E-state index in [1.807, 2.05) is 12.3 Å². The molecular weight excluding hydrogens is 835 g/mol. The Bertz CT molecular complexity index is 1060. The molecule has 10 heteroatoms. The van der Waals surface area contributed by atoms with Gasteiger partial charge in [-0.25, -0.2) is 4.79 Å². The van der Waals surface area contributed by atoms with Crippen LogP contribution in [-0.4, -0.2) is 52.3 Å². The number of hydrogen-bond donors (Lipinski definition) is 1. The van der Waals surface area contributed by atoms with Gasteiger partial charge in [0.05, 0.1) is 14.8 Å². The molecule has 0 aliphatic heterocycles. The van der Waals surface area contributed by atoms with E-state index in [0.29, 0.717) is 33.9 Å². The summed E-state index contributed by atoms with van der Waals surface area (Å²) in [7, 11) is 4.08. The third-order valence-corrected chi connectivity index (χ3v) is 6.28. The molecule has 1 aliphatic carbocycles. The summed E-state index contributed by atoms with van der Waals surface area (Å²) in [6, 6.07) is 7.41. The number of aromatic carboxylic acids is 1. The number of carboxylic acid groups (broad SMARTS) is 1. The first-order chi connectivity index (χ1) is 16.4. The van der Waals surface area contributed by atoms with Crippen molar-refractivity contribution in [2.45, 2.75) is 58.2 Å². The minimum absolute atomic E-state index is 0. The maximum absolute atomic E-state index is 11.9. The van der Waals surface area contributed by atoms with Crippen molar-refractivity contribution < 1.29 is 24.2 Å². The number of nitrogens with zero attached hydrogens (tertiary/aromatic N) is 3. The Hall–Kier alpha value is -3.40. The summed E-state index contributed by atoms with van der Waals surface area (Å²) in [5.74, 6) is 0.207. The number of aryl methyl sites for hydroxylation is 1. The van der Waals surface area contributed by atoms with E-state index in [1.54, 1.807) is 44.7 Å². The Balaban J connectivity index is 0.00000342. The minimum atomic E-state index is -0.974. The summed E-state index contributed by atoms with van der Waals surface area (Å²) < 4.78 is 12.3. The van der Waals surface area contributed by atoms with E-state index in [4.69, 9.17) is 9.47 Å². The molecule has 1 atom stereocenters. The van der Waals surface area contributed by atoms with E-state index in [-0.39, 0.29) is 19.5 Å². The fourth-order valence-corrected chi connectivity index (χ4v) is 4.08. The van der Waals surface area contributed by atoms with Crippen molar-refractivity contribution in [3.05, 3.63) is 76.2 Å². The molecule has 3 rings (SSSR count). The van der Waals surface area contributed by atoms with Gasteiger partial charge in [-0.15, -0.1) is 6.54 Å². The molecule has 0 saturated heterocycles. The number of rotatable bonds is 10. The Morgan fingerprint density at radius 3 is 2.51 bits per heavy atom. The number of aromatic nitrogens is 1. The van der Waals surface area contributed by atoms with Crippen molar-refractivity contribution in [1.29, 1.82) is 0 Å². The molecule has 1 fully saturated rings. The van der Waals surface area contributed by atoms with E-state index in [1.165, 1.54) is 18.4 Å². The fraction of sp³-hybridized carbons (Fsp3) is 0.444. The molecule has 213 valence electrons. The summed E-state index contributed by atoms with van der Waals surface area (Å²) in [5, 5.41) is 13.4. The molecule has 0 spiro atoms. The molecule has 1 amide bonds. The molecule has 2 aromatic rings. The second-order valence-corrected chi connectivity index (χ2v) is 10.9. The monoisotopic (exact) mass is 870 g/mol. The Morgan fingerprint density at radius 1 is 1.30 bits per heavy atom. The van der Waals surface area contributed by atoms with Crippen LogP contribution in [0.2, 0.25) is 0 Å². The van der Waals surface area contributed by atoms with Gasteiger partial charge in [0.1, 0.15) is 11.4 Å². The predicted octanol–water partition coefficient (Wildman–Crippen LogP) is 6.54. The molecule has 37 heavy (non-hydrogen) atoms. The van der Waals surface area contributed by atoms with Crippen LogP contribution in [0.4, 0.5) is 4.79 Å². The van der Waals surface area contributed by atoms with Crippen molar-refractivity contribution >= 4 is 34.7 Å². The number of halogens is 1. The normalized spacial score (nSPS) is 13.7. The molecule has 0 unspecified atom stereocenters. The topological polar surface area (TPSA) is 103 Å². The number of ether oxygens (including phenoxy) is 2. The molecule has 1 aliphatic rings. The van der Waals surface area contributed by atoms with Gasteiger partial charge < -0.3 is 32.2 Å². The van der Waals surface area contributed by atoms with Gasteiger partial charge in [-0.3, -0.25) is 16.8 Å². The van der Waals surface area contributed by atoms with Crippen molar-refractivity contribution in [3.63, 3.8) is 0 Å². The van der Waals surface area contributed by atoms with E-state index < -0.39 is 23.8 Å². The Kier molecular flexibility index (Phi) is 11.3. The SMILES string of the molecule is [CH2-]N(CC[N-]C(=O)OC(C)(C)C)C[C@@H](Oc1cc(C)c(C(=O)O)cc1I)c1ccc(C2CC2)cn1.[CH3-].[Lr]. The second-order valence-electron chi connectivity index (χ2n) is 9.74. The largest absolute Gasteiger partial charge is 0.616 e. The van der Waals surface area contributed by atoms with Crippen LogP contribution in [0.15, 0.2) is 30.5 Å². The van der Waals surface area contributed by atoms with E-state index in [0.717, 1.165) is 5.69 Å². The van der Waals surface area contributed by atoms with Crippen molar-refractivity contribution in [2.24, 2.45) is 0 Å². The first-order valence-corrected chi connectivity index (χ1v) is 12.6. The number of carboxylic acids is 1. The third-order valence-electron chi connectivity index (χ3n) is 5.44. The van der Waals surface area contributed by atoms with Crippen LogP contribution < -0.4 is 4.74 Å². The summed E-state index contributed by atoms with van der Waals surface area (Å²) in [6.45, 7) is 8.19. The summed E-state index contributed by atoms with van der Waals surface area (Å²) >= 11 is 2.08. The fourth-order valence-electron chi connectivity index (χ4n) is 3.49. The smallest absolute Gasteiger partial charge is 0.335 e. The van der Waals surface area contributed by atoms with Gasteiger partial charge >= 0.3 is 5.97 Å². The van der Waals surface area contributed by atoms with Crippen LogP contribution >= 0.6 is 22.6 Å². The zero-order chi connectivity index (χ0) is 25.8. The average molecular weight is 870 g/mol. The second kappa shape index (κ2) is 13.2. The molecule has 1 N–H and O–H groups in total. The van der Waals surface area contributed by atoms with Crippen LogP contribution in [0.3, 0.4) is 0 Å². The molecular formula is C27H35ILrN3O5-3. The van der Waals surface area contributed by atoms with Gasteiger partial charge in [-0.2, -0.15) is 0 Å². The molecule has 1 aromatic carbocycles. The number of carbonyl (C=O) groups excluding carboxylic acids is 1. The van der Waals surface area contributed by atoms with Gasteiger partial charge in [0.2, 0.25) is 6.09 Å². The van der Waals surface area contributed by atoms with Crippen molar-refractivity contribution in [1.82, 2.24) is 9.88 Å². The molecule has 1 heterocycles. The average Bonchev–Trinajstić information content (AvgIpc) is 3.59. The van der Waals surface area contributed by atoms with Gasteiger partial charge in [0.15, 0.2) is 6.10 Å². The summed E-state index contributed by atoms with van der Waals surface area (Å²) in [4.78, 5) is 29.8. The summed E-state index contributed by atoms with van der Waals surface area (Å²) in [5.41, 5.74) is 2.25. The zero-order valence-electron chi connectivity index (χ0n) is 21.8. The number of hydrogen-bond acceptors (Lipinski definition) is 6. The number of benzene rings is 1. The molecule has 1 radical (unpaired) electrons. The number of pyridine rings is 1. The third kappa shape index (κ3) is 9.53.